The molecular formula is C18H20N4OS. The minimum Gasteiger partial charge on any atom is -0.291 e. The zero-order chi connectivity index (χ0) is 16.6. The molecule has 0 aliphatic carbocycles. The monoisotopic (exact) mass is 340 g/mol. The van der Waals surface area contributed by atoms with Crippen LogP contribution >= 0.6 is 11.3 Å². The average Bonchev–Trinajstić information content (AvgIpc) is 3.29. The Bertz CT molecular complexity index is 752. The van der Waals surface area contributed by atoms with Crippen LogP contribution in [0.3, 0.4) is 0 Å². The summed E-state index contributed by atoms with van der Waals surface area (Å²) in [5.74, 6) is 0.188. The van der Waals surface area contributed by atoms with Crippen LogP contribution in [0.25, 0.3) is 5.00 Å². The van der Waals surface area contributed by atoms with E-state index in [1.54, 1.807) is 0 Å². The number of benzene rings is 1. The molecule has 2 aromatic heterocycles. The normalized spacial score (nSPS) is 10.8. The minimum atomic E-state index is -0.0270. The van der Waals surface area contributed by atoms with E-state index >= 15 is 0 Å². The molecule has 0 bridgehead atoms. The van der Waals surface area contributed by atoms with Gasteiger partial charge in [-0.3, -0.25) is 4.79 Å². The highest BCUT2D eigenvalue weighted by molar-refractivity contribution is 7.12. The van der Waals surface area contributed by atoms with E-state index in [-0.39, 0.29) is 11.6 Å². The van der Waals surface area contributed by atoms with Crippen LogP contribution in [0.4, 0.5) is 0 Å². The van der Waals surface area contributed by atoms with Crippen LogP contribution in [-0.4, -0.2) is 26.0 Å². The van der Waals surface area contributed by atoms with Crippen LogP contribution in [0.1, 0.15) is 48.3 Å². The summed E-state index contributed by atoms with van der Waals surface area (Å²) in [6.07, 6.45) is 5.81. The van der Waals surface area contributed by atoms with E-state index in [9.17, 15) is 4.79 Å². The number of carbonyl (C=O) groups is 1. The van der Waals surface area contributed by atoms with E-state index in [1.807, 2.05) is 23.6 Å². The first-order valence-corrected chi connectivity index (χ1v) is 9.12. The molecule has 0 atom stereocenters. The summed E-state index contributed by atoms with van der Waals surface area (Å²) in [5, 5.41) is 14.8. The van der Waals surface area contributed by atoms with Gasteiger partial charge in [0.1, 0.15) is 5.00 Å². The van der Waals surface area contributed by atoms with Crippen molar-refractivity contribution in [2.75, 3.05) is 0 Å². The lowest BCUT2D eigenvalue weighted by Gasteiger charge is -2.01. The SMILES string of the molecule is O=C(CCCCCCc1ccccc1)c1nnn(-c2cccs2)n1. The highest BCUT2D eigenvalue weighted by Gasteiger charge is 2.13. The van der Waals surface area contributed by atoms with Gasteiger partial charge >= 0.3 is 0 Å². The maximum Gasteiger partial charge on any atom is 0.240 e. The van der Waals surface area contributed by atoms with Crippen LogP contribution in [0.15, 0.2) is 47.8 Å². The third kappa shape index (κ3) is 4.58. The molecular weight excluding hydrogens is 320 g/mol. The van der Waals surface area contributed by atoms with Gasteiger partial charge in [-0.2, -0.15) is 0 Å². The standard InChI is InChI=1S/C18H20N4OS/c23-16(18-19-21-22(20-18)17-13-8-14-24-17)12-7-2-1-4-9-15-10-5-3-6-11-15/h3,5-6,8,10-11,13-14H,1-2,4,7,9,12H2. The molecule has 0 amide bonds. The number of aryl methyl sites for hydroxylation is 1. The number of aromatic nitrogens is 4. The molecule has 6 heteroatoms. The van der Waals surface area contributed by atoms with Crippen LogP contribution in [0.2, 0.25) is 0 Å². The Hall–Kier alpha value is -2.34. The molecule has 0 aliphatic heterocycles. The summed E-state index contributed by atoms with van der Waals surface area (Å²) >= 11 is 1.51. The van der Waals surface area contributed by atoms with Gasteiger partial charge < -0.3 is 0 Å². The van der Waals surface area contributed by atoms with E-state index in [1.165, 1.54) is 21.7 Å². The number of Topliss-reactive ketones (excluding diaryl/α,β-unsaturated/α-hetero) is 1. The second kappa shape index (κ2) is 8.49. The molecule has 3 aromatic rings. The molecule has 5 nitrogen and oxygen atoms in total. The molecule has 0 aliphatic rings. The third-order valence-corrected chi connectivity index (χ3v) is 4.66. The fraction of sp³-hybridized carbons (Fsp3) is 0.333. The zero-order valence-corrected chi connectivity index (χ0v) is 14.3. The molecule has 0 saturated heterocycles. The van der Waals surface area contributed by atoms with Crippen LogP contribution in [-0.2, 0) is 6.42 Å². The molecule has 0 unspecified atom stereocenters. The van der Waals surface area contributed by atoms with E-state index < -0.39 is 0 Å². The molecule has 0 saturated carbocycles. The van der Waals surface area contributed by atoms with Crippen LogP contribution < -0.4 is 0 Å². The lowest BCUT2D eigenvalue weighted by Crippen LogP contribution is -2.03. The van der Waals surface area contributed by atoms with Crippen molar-refractivity contribution in [3.8, 4) is 5.00 Å². The first kappa shape index (κ1) is 16.5. The molecule has 124 valence electrons. The van der Waals surface area contributed by atoms with E-state index in [4.69, 9.17) is 0 Å². The van der Waals surface area contributed by atoms with Crippen molar-refractivity contribution in [3.63, 3.8) is 0 Å². The van der Waals surface area contributed by atoms with Crippen LogP contribution in [0, 0.1) is 0 Å². The largest absolute Gasteiger partial charge is 0.291 e. The van der Waals surface area contributed by atoms with E-state index in [0.29, 0.717) is 6.42 Å². The Morgan fingerprint density at radius 2 is 1.83 bits per heavy atom. The fourth-order valence-electron chi connectivity index (χ4n) is 2.53. The number of carbonyl (C=O) groups excluding carboxylic acids is 1. The average molecular weight is 340 g/mol. The van der Waals surface area contributed by atoms with Gasteiger partial charge in [0.15, 0.2) is 0 Å². The topological polar surface area (TPSA) is 60.7 Å². The predicted molar refractivity (Wildman–Crippen MR) is 94.6 cm³/mol. The number of rotatable bonds is 9. The Kier molecular flexibility index (Phi) is 5.85. The summed E-state index contributed by atoms with van der Waals surface area (Å²) in [7, 11) is 0. The third-order valence-electron chi connectivity index (χ3n) is 3.83. The van der Waals surface area contributed by atoms with Gasteiger partial charge in [-0.1, -0.05) is 43.2 Å². The molecule has 0 N–H and O–H groups in total. The van der Waals surface area contributed by atoms with E-state index in [2.05, 4.69) is 39.7 Å². The van der Waals surface area contributed by atoms with Gasteiger partial charge in [0.2, 0.25) is 11.6 Å². The summed E-state index contributed by atoms with van der Waals surface area (Å²) in [6.45, 7) is 0. The number of tetrazole rings is 1. The van der Waals surface area contributed by atoms with Gasteiger partial charge in [0.25, 0.3) is 0 Å². The summed E-state index contributed by atoms with van der Waals surface area (Å²) in [4.78, 5) is 13.5. The molecule has 1 aromatic carbocycles. The van der Waals surface area contributed by atoms with Crippen molar-refractivity contribution in [2.24, 2.45) is 0 Å². The van der Waals surface area contributed by atoms with E-state index in [0.717, 1.165) is 37.1 Å². The molecule has 0 spiro atoms. The van der Waals surface area contributed by atoms with Crippen LogP contribution in [0.5, 0.6) is 0 Å². The first-order valence-electron chi connectivity index (χ1n) is 8.24. The van der Waals surface area contributed by atoms with Crippen molar-refractivity contribution in [1.29, 1.82) is 0 Å². The Morgan fingerprint density at radius 3 is 2.62 bits per heavy atom. The Labute approximate surface area is 145 Å². The number of thiophene rings is 1. The van der Waals surface area contributed by atoms with Crippen molar-refractivity contribution in [2.45, 2.75) is 38.5 Å². The quantitative estimate of drug-likeness (QED) is 0.435. The molecule has 2 heterocycles. The maximum atomic E-state index is 12.1. The van der Waals surface area contributed by atoms with Gasteiger partial charge in [-0.05, 0) is 47.6 Å². The summed E-state index contributed by atoms with van der Waals surface area (Å²) < 4.78 is 0. The molecule has 24 heavy (non-hydrogen) atoms. The summed E-state index contributed by atoms with van der Waals surface area (Å²) in [5.41, 5.74) is 1.38. The highest BCUT2D eigenvalue weighted by atomic mass is 32.1. The minimum absolute atomic E-state index is 0.0270. The Morgan fingerprint density at radius 1 is 1.00 bits per heavy atom. The zero-order valence-electron chi connectivity index (χ0n) is 13.5. The first-order chi connectivity index (χ1) is 11.8. The number of ketones is 1. The van der Waals surface area contributed by atoms with Crippen molar-refractivity contribution in [3.05, 3.63) is 59.2 Å². The second-order valence-corrected chi connectivity index (χ2v) is 6.60. The lowest BCUT2D eigenvalue weighted by molar-refractivity contribution is 0.0969. The number of unbranched alkanes of at least 4 members (excludes halogenated alkanes) is 3. The predicted octanol–water partition coefficient (Wildman–Crippen LogP) is 4.10. The fourth-order valence-corrected chi connectivity index (χ4v) is 3.15. The van der Waals surface area contributed by atoms with Gasteiger partial charge in [0.05, 0.1) is 0 Å². The summed E-state index contributed by atoms with van der Waals surface area (Å²) in [6, 6.07) is 14.3. The smallest absolute Gasteiger partial charge is 0.240 e. The van der Waals surface area contributed by atoms with Crippen molar-refractivity contribution in [1.82, 2.24) is 20.2 Å². The second-order valence-electron chi connectivity index (χ2n) is 5.68. The van der Waals surface area contributed by atoms with Crippen molar-refractivity contribution < 1.29 is 4.79 Å². The lowest BCUT2D eigenvalue weighted by atomic mass is 10.0. The maximum absolute atomic E-state index is 12.1. The number of nitrogens with zero attached hydrogens (tertiary/aromatic N) is 4. The van der Waals surface area contributed by atoms with Gasteiger partial charge in [0, 0.05) is 6.42 Å². The Balaban J connectivity index is 1.35. The number of hydrogen-bond acceptors (Lipinski definition) is 5. The van der Waals surface area contributed by atoms with Gasteiger partial charge in [-0.25, -0.2) is 0 Å². The van der Waals surface area contributed by atoms with Gasteiger partial charge in [-0.15, -0.1) is 26.3 Å². The van der Waals surface area contributed by atoms with Crippen molar-refractivity contribution >= 4 is 17.1 Å². The molecule has 0 radical (unpaired) electrons. The molecule has 3 rings (SSSR count). The highest BCUT2D eigenvalue weighted by Crippen LogP contribution is 2.13. The number of hydrogen-bond donors (Lipinski definition) is 0. The molecule has 0 fully saturated rings.